The topological polar surface area (TPSA) is 79.4 Å². The lowest BCUT2D eigenvalue weighted by Crippen LogP contribution is -2.32. The molecule has 0 saturated carbocycles. The predicted molar refractivity (Wildman–Crippen MR) is 122 cm³/mol. The number of pyridine rings is 1. The van der Waals surface area contributed by atoms with E-state index in [2.05, 4.69) is 10.3 Å². The summed E-state index contributed by atoms with van der Waals surface area (Å²) in [6, 6.07) is 12.2. The summed E-state index contributed by atoms with van der Waals surface area (Å²) in [7, 11) is -0.179. The number of amides is 1. The highest BCUT2D eigenvalue weighted by Gasteiger charge is 2.32. The van der Waals surface area contributed by atoms with Crippen molar-refractivity contribution in [2.75, 3.05) is 11.4 Å². The Hall–Kier alpha value is -3.36. The van der Waals surface area contributed by atoms with Crippen LogP contribution in [-0.2, 0) is 17.5 Å². The van der Waals surface area contributed by atoms with Gasteiger partial charge in [0.1, 0.15) is 10.7 Å². The van der Waals surface area contributed by atoms with Gasteiger partial charge < -0.3 is 5.32 Å². The fourth-order valence-corrected chi connectivity index (χ4v) is 4.57. The standard InChI is InChI=1S/C23H17ClFN3O3S/c1-28-20-7-5-16(23(30)27-13-15-3-2-8-26-12-15)11-17(20)22(29)21(32(28)31)10-14-4-6-19(25)18(24)9-14/h2-12H,13H2,1H3,(H,27,30)/b21-10-. The Morgan fingerprint density at radius 2 is 2.06 bits per heavy atom. The molecule has 1 aliphatic heterocycles. The van der Waals surface area contributed by atoms with Crippen molar-refractivity contribution in [1.82, 2.24) is 10.3 Å². The Balaban J connectivity index is 1.64. The van der Waals surface area contributed by atoms with Crippen LogP contribution in [-0.4, -0.2) is 27.9 Å². The number of fused-ring (bicyclic) bond motifs is 1. The SMILES string of the molecule is CN1c2ccc(C(=O)NCc3cccnc3)cc2C(=O)/C(=C/c2ccc(F)c(Cl)c2)S1=O. The Bertz CT molecular complexity index is 1280. The first-order chi connectivity index (χ1) is 15.3. The Morgan fingerprint density at radius 3 is 2.78 bits per heavy atom. The van der Waals surface area contributed by atoms with Crippen molar-refractivity contribution in [3.8, 4) is 0 Å². The molecule has 2 aromatic carbocycles. The molecule has 0 radical (unpaired) electrons. The Kier molecular flexibility index (Phi) is 6.16. The number of Topliss-reactive ketones (excluding diaryl/α,β-unsaturated/α-hetero) is 1. The number of rotatable bonds is 4. The molecule has 0 fully saturated rings. The van der Waals surface area contributed by atoms with Gasteiger partial charge in [0.2, 0.25) is 5.78 Å². The number of nitrogens with one attached hydrogen (secondary N) is 1. The van der Waals surface area contributed by atoms with E-state index < -0.39 is 22.6 Å². The lowest BCUT2D eigenvalue weighted by atomic mass is 10.0. The summed E-state index contributed by atoms with van der Waals surface area (Å²) in [6.45, 7) is 0.290. The van der Waals surface area contributed by atoms with Crippen LogP contribution < -0.4 is 9.62 Å². The summed E-state index contributed by atoms with van der Waals surface area (Å²) in [5, 5.41) is 2.69. The molecule has 1 aliphatic rings. The number of allylic oxidation sites excluding steroid dienone is 1. The predicted octanol–water partition coefficient (Wildman–Crippen LogP) is 4.14. The third-order valence-electron chi connectivity index (χ3n) is 4.92. The van der Waals surface area contributed by atoms with Crippen LogP contribution in [0.25, 0.3) is 6.08 Å². The van der Waals surface area contributed by atoms with Gasteiger partial charge in [-0.3, -0.25) is 18.9 Å². The molecule has 1 unspecified atom stereocenters. The average Bonchev–Trinajstić information content (AvgIpc) is 2.81. The minimum absolute atomic E-state index is 0.00981. The lowest BCUT2D eigenvalue weighted by Gasteiger charge is -2.27. The smallest absolute Gasteiger partial charge is 0.251 e. The number of aromatic nitrogens is 1. The minimum atomic E-state index is -1.77. The molecule has 4 rings (SSSR count). The van der Waals surface area contributed by atoms with Crippen molar-refractivity contribution in [3.63, 3.8) is 0 Å². The molecule has 0 aliphatic carbocycles. The lowest BCUT2D eigenvalue weighted by molar-refractivity contribution is 0.0951. The molecule has 0 saturated heterocycles. The molecule has 0 bridgehead atoms. The van der Waals surface area contributed by atoms with Crippen molar-refractivity contribution >= 4 is 46.0 Å². The monoisotopic (exact) mass is 469 g/mol. The molecular formula is C23H17ClFN3O3S. The number of ketones is 1. The summed E-state index contributed by atoms with van der Waals surface area (Å²) in [6.07, 6.45) is 4.71. The van der Waals surface area contributed by atoms with Crippen molar-refractivity contribution < 1.29 is 18.2 Å². The molecule has 6 nitrogen and oxygen atoms in total. The summed E-state index contributed by atoms with van der Waals surface area (Å²) in [5.74, 6) is -1.41. The van der Waals surface area contributed by atoms with E-state index in [1.807, 2.05) is 6.07 Å². The third-order valence-corrected chi connectivity index (χ3v) is 6.58. The van der Waals surface area contributed by atoms with Gasteiger partial charge in [0, 0.05) is 37.1 Å². The largest absolute Gasteiger partial charge is 0.348 e. The van der Waals surface area contributed by atoms with Gasteiger partial charge in [-0.1, -0.05) is 23.7 Å². The normalized spacial score (nSPS) is 16.7. The van der Waals surface area contributed by atoms with Crippen LogP contribution in [0, 0.1) is 5.82 Å². The van der Waals surface area contributed by atoms with Gasteiger partial charge in [0.25, 0.3) is 5.91 Å². The Morgan fingerprint density at radius 1 is 1.25 bits per heavy atom. The summed E-state index contributed by atoms with van der Waals surface area (Å²) >= 11 is 5.82. The second kappa shape index (κ2) is 9.02. The first kappa shape index (κ1) is 21.9. The summed E-state index contributed by atoms with van der Waals surface area (Å²) in [5.41, 5.74) is 2.28. The second-order valence-corrected chi connectivity index (χ2v) is 8.93. The zero-order chi connectivity index (χ0) is 22.8. The van der Waals surface area contributed by atoms with E-state index in [1.54, 1.807) is 37.6 Å². The van der Waals surface area contributed by atoms with Crippen molar-refractivity contribution in [2.24, 2.45) is 0 Å². The van der Waals surface area contributed by atoms with E-state index in [0.29, 0.717) is 16.8 Å². The first-order valence-corrected chi connectivity index (χ1v) is 11.0. The van der Waals surface area contributed by atoms with E-state index in [4.69, 9.17) is 11.6 Å². The maximum atomic E-state index is 13.5. The third kappa shape index (κ3) is 4.32. The minimum Gasteiger partial charge on any atom is -0.348 e. The van der Waals surface area contributed by atoms with Gasteiger partial charge in [0.15, 0.2) is 11.0 Å². The fourth-order valence-electron chi connectivity index (χ4n) is 3.24. The van der Waals surface area contributed by atoms with E-state index in [9.17, 15) is 18.2 Å². The molecule has 32 heavy (non-hydrogen) atoms. The van der Waals surface area contributed by atoms with Gasteiger partial charge in [-0.05, 0) is 53.6 Å². The van der Waals surface area contributed by atoms with Crippen LogP contribution >= 0.6 is 11.6 Å². The van der Waals surface area contributed by atoms with Crippen LogP contribution in [0.1, 0.15) is 31.8 Å². The van der Waals surface area contributed by atoms with Gasteiger partial charge in [-0.25, -0.2) is 8.60 Å². The number of carbonyl (C=O) groups excluding carboxylic acids is 2. The van der Waals surface area contributed by atoms with Crippen LogP contribution in [0.4, 0.5) is 10.1 Å². The molecule has 2 heterocycles. The van der Waals surface area contributed by atoms with E-state index in [-0.39, 0.29) is 27.9 Å². The Labute approximate surface area is 191 Å². The van der Waals surface area contributed by atoms with E-state index in [1.165, 1.54) is 34.6 Å². The molecule has 0 spiro atoms. The molecule has 1 N–H and O–H groups in total. The maximum Gasteiger partial charge on any atom is 0.251 e. The number of benzene rings is 2. The highest BCUT2D eigenvalue weighted by atomic mass is 35.5. The zero-order valence-electron chi connectivity index (χ0n) is 16.8. The first-order valence-electron chi connectivity index (χ1n) is 9.53. The number of nitrogens with zero attached hydrogens (tertiary/aromatic N) is 2. The molecule has 1 amide bonds. The van der Waals surface area contributed by atoms with Gasteiger partial charge in [-0.15, -0.1) is 0 Å². The number of hydrogen-bond donors (Lipinski definition) is 1. The van der Waals surface area contributed by atoms with Crippen LogP contribution in [0.3, 0.4) is 0 Å². The van der Waals surface area contributed by atoms with Crippen LogP contribution in [0.5, 0.6) is 0 Å². The van der Waals surface area contributed by atoms with Crippen molar-refractivity contribution in [3.05, 3.63) is 98.9 Å². The second-order valence-electron chi connectivity index (χ2n) is 7.03. The van der Waals surface area contributed by atoms with Gasteiger partial charge in [-0.2, -0.15) is 0 Å². The summed E-state index contributed by atoms with van der Waals surface area (Å²) < 4.78 is 27.8. The van der Waals surface area contributed by atoms with Gasteiger partial charge in [0.05, 0.1) is 10.7 Å². The molecular weight excluding hydrogens is 453 g/mol. The average molecular weight is 470 g/mol. The number of carbonyl (C=O) groups is 2. The quantitative estimate of drug-likeness (QED) is 0.582. The molecule has 1 aromatic heterocycles. The number of halogens is 2. The molecule has 3 aromatic rings. The fraction of sp³-hybridized carbons (Fsp3) is 0.0870. The summed E-state index contributed by atoms with van der Waals surface area (Å²) in [4.78, 5) is 29.8. The zero-order valence-corrected chi connectivity index (χ0v) is 18.4. The van der Waals surface area contributed by atoms with Crippen molar-refractivity contribution in [2.45, 2.75) is 6.54 Å². The highest BCUT2D eigenvalue weighted by Crippen LogP contribution is 2.33. The van der Waals surface area contributed by atoms with Crippen LogP contribution in [0.15, 0.2) is 65.8 Å². The molecule has 9 heteroatoms. The van der Waals surface area contributed by atoms with Crippen LogP contribution in [0.2, 0.25) is 5.02 Å². The highest BCUT2D eigenvalue weighted by molar-refractivity contribution is 7.91. The number of anilines is 1. The van der Waals surface area contributed by atoms with Gasteiger partial charge >= 0.3 is 0 Å². The molecule has 162 valence electrons. The number of hydrogen-bond acceptors (Lipinski definition) is 4. The molecule has 1 atom stereocenters. The van der Waals surface area contributed by atoms with Crippen molar-refractivity contribution in [1.29, 1.82) is 0 Å². The van der Waals surface area contributed by atoms with E-state index in [0.717, 1.165) is 5.56 Å². The van der Waals surface area contributed by atoms with E-state index >= 15 is 0 Å². The maximum absolute atomic E-state index is 13.5.